The van der Waals surface area contributed by atoms with E-state index in [4.69, 9.17) is 9.15 Å². The molecule has 1 saturated carbocycles. The minimum Gasteiger partial charge on any atom is -0.495 e. The number of amides is 1. The maximum absolute atomic E-state index is 12.9. The fourth-order valence-electron chi connectivity index (χ4n) is 3.02. The second kappa shape index (κ2) is 7.36. The Morgan fingerprint density at radius 1 is 1.33 bits per heavy atom. The minimum absolute atomic E-state index is 0.0668. The summed E-state index contributed by atoms with van der Waals surface area (Å²) in [4.78, 5) is 11.4. The number of anilines is 1. The Kier molecular flexibility index (Phi) is 5.30. The van der Waals surface area contributed by atoms with Gasteiger partial charge in [-0.25, -0.2) is 8.42 Å². The van der Waals surface area contributed by atoms with Gasteiger partial charge in [0.25, 0.3) is 0 Å². The molecule has 0 unspecified atom stereocenters. The highest BCUT2D eigenvalue weighted by molar-refractivity contribution is 7.89. The van der Waals surface area contributed by atoms with Crippen molar-refractivity contribution in [3.63, 3.8) is 0 Å². The lowest BCUT2D eigenvalue weighted by molar-refractivity contribution is -0.114. The average Bonchev–Trinajstić information content (AvgIpc) is 3.15. The van der Waals surface area contributed by atoms with Crippen molar-refractivity contribution in [3.8, 4) is 5.75 Å². The van der Waals surface area contributed by atoms with Crippen LogP contribution < -0.4 is 10.1 Å². The predicted molar refractivity (Wildman–Crippen MR) is 101 cm³/mol. The van der Waals surface area contributed by atoms with E-state index in [0.717, 1.165) is 12.2 Å². The average molecular weight is 392 g/mol. The number of nitrogens with one attached hydrogen (secondary N) is 1. The molecule has 7 nitrogen and oxygen atoms in total. The van der Waals surface area contributed by atoms with E-state index in [0.29, 0.717) is 29.0 Å². The third-order valence-electron chi connectivity index (χ3n) is 4.73. The zero-order valence-corrected chi connectivity index (χ0v) is 16.7. The lowest BCUT2D eigenvalue weighted by Crippen LogP contribution is -2.26. The number of carbonyl (C=O) groups excluding carboxylic acids is 1. The zero-order chi connectivity index (χ0) is 19.8. The number of rotatable bonds is 7. The number of benzene rings is 1. The number of methoxy groups -OCH3 is 1. The van der Waals surface area contributed by atoms with Gasteiger partial charge in [-0.3, -0.25) is 4.79 Å². The molecule has 1 aromatic carbocycles. The Morgan fingerprint density at radius 2 is 2.04 bits per heavy atom. The van der Waals surface area contributed by atoms with Gasteiger partial charge in [0.2, 0.25) is 15.9 Å². The molecule has 1 heterocycles. The highest BCUT2D eigenvalue weighted by Crippen LogP contribution is 2.47. The maximum atomic E-state index is 12.9. The highest BCUT2D eigenvalue weighted by atomic mass is 32.2. The molecule has 0 spiro atoms. The fourth-order valence-corrected chi connectivity index (χ4v) is 4.18. The summed E-state index contributed by atoms with van der Waals surface area (Å²) in [5, 5.41) is 2.59. The van der Waals surface area contributed by atoms with Crippen LogP contribution in [0, 0.1) is 5.92 Å². The first-order valence-electron chi connectivity index (χ1n) is 8.73. The Bertz CT molecular complexity index is 951. The molecule has 0 bridgehead atoms. The van der Waals surface area contributed by atoms with Crippen LogP contribution in [0.2, 0.25) is 0 Å². The predicted octanol–water partition coefficient (Wildman–Crippen LogP) is 3.19. The van der Waals surface area contributed by atoms with E-state index in [1.165, 1.54) is 43.6 Å². The molecule has 1 aromatic heterocycles. The lowest BCUT2D eigenvalue weighted by atomic mass is 10.3. The number of sulfonamides is 1. The quantitative estimate of drug-likeness (QED) is 0.782. The number of ether oxygens (including phenoxy) is 1. The molecular weight excluding hydrogens is 368 g/mol. The first kappa shape index (κ1) is 19.4. The molecule has 1 amide bonds. The van der Waals surface area contributed by atoms with Gasteiger partial charge in [-0.2, -0.15) is 4.31 Å². The largest absolute Gasteiger partial charge is 0.495 e. The Morgan fingerprint density at radius 3 is 2.63 bits per heavy atom. The van der Waals surface area contributed by atoms with Gasteiger partial charge in [-0.15, -0.1) is 0 Å². The first-order chi connectivity index (χ1) is 12.7. The molecule has 1 fully saturated rings. The summed E-state index contributed by atoms with van der Waals surface area (Å²) in [6, 6.07) is 8.11. The van der Waals surface area contributed by atoms with E-state index in [1.807, 2.05) is 12.1 Å². The van der Waals surface area contributed by atoms with Crippen molar-refractivity contribution in [2.45, 2.75) is 37.6 Å². The molecule has 1 N–H and O–H groups in total. The van der Waals surface area contributed by atoms with E-state index < -0.39 is 10.0 Å². The number of hydrogen-bond donors (Lipinski definition) is 1. The highest BCUT2D eigenvalue weighted by Gasteiger charge is 2.36. The van der Waals surface area contributed by atoms with Gasteiger partial charge in [-0.1, -0.05) is 6.92 Å². The number of hydrogen-bond acceptors (Lipinski definition) is 5. The summed E-state index contributed by atoms with van der Waals surface area (Å²) < 4.78 is 38.0. The van der Waals surface area contributed by atoms with Crippen molar-refractivity contribution >= 4 is 21.6 Å². The molecule has 2 aromatic rings. The topological polar surface area (TPSA) is 88.8 Å². The summed E-state index contributed by atoms with van der Waals surface area (Å²) in [5.74, 6) is 2.67. The summed E-state index contributed by atoms with van der Waals surface area (Å²) in [7, 11) is -0.806. The Hall–Kier alpha value is -2.32. The van der Waals surface area contributed by atoms with Crippen LogP contribution in [-0.2, 0) is 21.4 Å². The van der Waals surface area contributed by atoms with Crippen LogP contribution in [0.15, 0.2) is 39.6 Å². The number of furan rings is 1. The van der Waals surface area contributed by atoms with Gasteiger partial charge in [0.15, 0.2) is 0 Å². The monoisotopic (exact) mass is 392 g/mol. The molecule has 0 saturated heterocycles. The summed E-state index contributed by atoms with van der Waals surface area (Å²) in [6.45, 7) is 3.65. The van der Waals surface area contributed by atoms with Gasteiger partial charge >= 0.3 is 0 Å². The Balaban J connectivity index is 1.80. The lowest BCUT2D eigenvalue weighted by Gasteiger charge is -2.17. The van der Waals surface area contributed by atoms with Crippen molar-refractivity contribution in [3.05, 3.63) is 41.9 Å². The van der Waals surface area contributed by atoms with Crippen molar-refractivity contribution in [1.29, 1.82) is 0 Å². The second-order valence-corrected chi connectivity index (χ2v) is 8.97. The van der Waals surface area contributed by atoms with E-state index in [-0.39, 0.29) is 17.3 Å². The SMILES string of the molecule is COc1ccc(S(=O)(=O)N(C)Cc2ccc([C@@H]3C[C@H]3C)o2)cc1NC(C)=O. The zero-order valence-electron chi connectivity index (χ0n) is 15.9. The van der Waals surface area contributed by atoms with Crippen molar-refractivity contribution < 1.29 is 22.4 Å². The summed E-state index contributed by atoms with van der Waals surface area (Å²) in [6.07, 6.45) is 1.11. The van der Waals surface area contributed by atoms with E-state index in [2.05, 4.69) is 12.2 Å². The van der Waals surface area contributed by atoms with Gasteiger partial charge < -0.3 is 14.5 Å². The maximum Gasteiger partial charge on any atom is 0.243 e. The minimum atomic E-state index is -3.76. The fraction of sp³-hybridized carbons (Fsp3) is 0.421. The van der Waals surface area contributed by atoms with Crippen LogP contribution in [0.3, 0.4) is 0 Å². The van der Waals surface area contributed by atoms with Crippen molar-refractivity contribution in [1.82, 2.24) is 4.31 Å². The van der Waals surface area contributed by atoms with Crippen LogP contribution in [0.1, 0.15) is 37.7 Å². The molecule has 3 rings (SSSR count). The van der Waals surface area contributed by atoms with Gasteiger partial charge in [0.05, 0.1) is 24.2 Å². The van der Waals surface area contributed by atoms with Crippen LogP contribution >= 0.6 is 0 Å². The molecule has 27 heavy (non-hydrogen) atoms. The van der Waals surface area contributed by atoms with Crippen LogP contribution in [0.25, 0.3) is 0 Å². The molecular formula is C19H24N2O5S. The molecule has 2 atom stereocenters. The molecule has 1 aliphatic carbocycles. The van der Waals surface area contributed by atoms with E-state index in [9.17, 15) is 13.2 Å². The summed E-state index contributed by atoms with van der Waals surface area (Å²) >= 11 is 0. The molecule has 146 valence electrons. The normalized spacial score (nSPS) is 19.1. The number of nitrogens with zero attached hydrogens (tertiary/aromatic N) is 1. The third-order valence-corrected chi connectivity index (χ3v) is 6.53. The van der Waals surface area contributed by atoms with Crippen molar-refractivity contribution in [2.75, 3.05) is 19.5 Å². The second-order valence-electron chi connectivity index (χ2n) is 6.93. The van der Waals surface area contributed by atoms with Gasteiger partial charge in [0, 0.05) is 19.9 Å². The van der Waals surface area contributed by atoms with Gasteiger partial charge in [-0.05, 0) is 42.7 Å². The number of carbonyl (C=O) groups is 1. The molecule has 8 heteroatoms. The third kappa shape index (κ3) is 4.17. The smallest absolute Gasteiger partial charge is 0.243 e. The van der Waals surface area contributed by atoms with Crippen molar-refractivity contribution in [2.24, 2.45) is 5.92 Å². The van der Waals surface area contributed by atoms with Gasteiger partial charge in [0.1, 0.15) is 17.3 Å². The molecule has 1 aliphatic rings. The van der Waals surface area contributed by atoms with Crippen LogP contribution in [-0.4, -0.2) is 32.8 Å². The molecule has 0 radical (unpaired) electrons. The Labute approximate surface area is 159 Å². The summed E-state index contributed by atoms with van der Waals surface area (Å²) in [5.41, 5.74) is 0.308. The molecule has 0 aliphatic heterocycles. The van der Waals surface area contributed by atoms with Crippen LogP contribution in [0.4, 0.5) is 5.69 Å². The van der Waals surface area contributed by atoms with E-state index in [1.54, 1.807) is 0 Å². The van der Waals surface area contributed by atoms with E-state index >= 15 is 0 Å². The van der Waals surface area contributed by atoms with Crippen LogP contribution in [0.5, 0.6) is 5.75 Å². The standard InChI is InChI=1S/C19H24N2O5S/c1-12-9-16(12)18-7-5-14(26-18)11-21(3)27(23,24)15-6-8-19(25-4)17(10-15)20-13(2)22/h5-8,10,12,16H,9,11H2,1-4H3,(H,20,22)/t12-,16-/m1/s1. The first-order valence-corrected chi connectivity index (χ1v) is 10.2.